The van der Waals surface area contributed by atoms with Crippen molar-refractivity contribution in [3.63, 3.8) is 0 Å². The van der Waals surface area contributed by atoms with Gasteiger partial charge in [0.25, 0.3) is 0 Å². The molecule has 0 spiro atoms. The maximum absolute atomic E-state index is 13.3. The summed E-state index contributed by atoms with van der Waals surface area (Å²) in [5.41, 5.74) is 0.390. The van der Waals surface area contributed by atoms with E-state index in [1.54, 1.807) is 0 Å². The molecule has 7 nitrogen and oxygen atoms in total. The van der Waals surface area contributed by atoms with Gasteiger partial charge >= 0.3 is 0 Å². The van der Waals surface area contributed by atoms with E-state index in [4.69, 9.17) is 9.63 Å². The van der Waals surface area contributed by atoms with Gasteiger partial charge in [-0.25, -0.2) is 4.39 Å². The van der Waals surface area contributed by atoms with Crippen LogP contribution in [0.2, 0.25) is 0 Å². The zero-order valence-corrected chi connectivity index (χ0v) is 11.0. The van der Waals surface area contributed by atoms with E-state index < -0.39 is 17.6 Å². The van der Waals surface area contributed by atoms with Crippen LogP contribution in [0.3, 0.4) is 0 Å². The number of aromatic hydroxyl groups is 1. The van der Waals surface area contributed by atoms with Crippen molar-refractivity contribution in [2.24, 2.45) is 0 Å². The van der Waals surface area contributed by atoms with Crippen molar-refractivity contribution in [2.45, 2.75) is 12.5 Å². The molecule has 3 rings (SSSR count). The fourth-order valence-electron chi connectivity index (χ4n) is 2.09. The van der Waals surface area contributed by atoms with E-state index in [1.165, 1.54) is 12.1 Å². The van der Waals surface area contributed by atoms with E-state index in [1.807, 2.05) is 0 Å². The van der Waals surface area contributed by atoms with Crippen LogP contribution in [0.25, 0.3) is 11.4 Å². The maximum Gasteiger partial charge on any atom is 0.237 e. The fraction of sp³-hybridized carbons (Fsp3) is 0.308. The Balaban J connectivity index is 1.76. The number of hydrogen-bond acceptors (Lipinski definition) is 6. The number of amides is 1. The summed E-state index contributed by atoms with van der Waals surface area (Å²) in [6.45, 7) is 1.28. The first-order valence-corrected chi connectivity index (χ1v) is 6.46. The molecular formula is C13H13FN4O3. The summed E-state index contributed by atoms with van der Waals surface area (Å²) in [7, 11) is 0. The Labute approximate surface area is 119 Å². The first-order valence-electron chi connectivity index (χ1n) is 6.46. The molecule has 1 aliphatic heterocycles. The van der Waals surface area contributed by atoms with Crippen LogP contribution in [-0.4, -0.2) is 40.3 Å². The monoisotopic (exact) mass is 292 g/mol. The minimum atomic E-state index is -0.757. The predicted octanol–water partition coefficient (Wildman–Crippen LogP) is 0.212. The Morgan fingerprint density at radius 2 is 2.29 bits per heavy atom. The fourth-order valence-corrected chi connectivity index (χ4v) is 2.09. The molecule has 1 saturated heterocycles. The smallest absolute Gasteiger partial charge is 0.237 e. The molecule has 21 heavy (non-hydrogen) atoms. The highest BCUT2D eigenvalue weighted by atomic mass is 19.1. The van der Waals surface area contributed by atoms with E-state index in [0.717, 1.165) is 6.07 Å². The minimum absolute atomic E-state index is 0.114. The third-order valence-corrected chi connectivity index (χ3v) is 3.18. The van der Waals surface area contributed by atoms with E-state index >= 15 is 0 Å². The molecule has 1 atom stereocenters. The molecule has 1 aromatic heterocycles. The van der Waals surface area contributed by atoms with E-state index in [-0.39, 0.29) is 24.0 Å². The second kappa shape index (κ2) is 5.49. The molecule has 0 aliphatic carbocycles. The van der Waals surface area contributed by atoms with Crippen molar-refractivity contribution in [2.75, 3.05) is 13.1 Å². The summed E-state index contributed by atoms with van der Waals surface area (Å²) in [5.74, 6) is -0.817. The van der Waals surface area contributed by atoms with Crippen LogP contribution in [0.15, 0.2) is 22.7 Å². The standard InChI is InChI=1S/C13H13FN4O3/c14-8-5-7(1-2-10(8)19)12-17-11(21-18-12)6-9-13(20)16-4-3-15-9/h1-2,5,9,15,19H,3-4,6H2,(H,16,20). The summed E-state index contributed by atoms with van der Waals surface area (Å²) in [4.78, 5) is 15.8. The molecule has 1 aromatic carbocycles. The highest BCUT2D eigenvalue weighted by molar-refractivity contribution is 5.82. The summed E-state index contributed by atoms with van der Waals surface area (Å²) in [6, 6.07) is 3.41. The maximum atomic E-state index is 13.3. The third kappa shape index (κ3) is 2.84. The molecule has 0 bridgehead atoms. The number of rotatable bonds is 3. The Hall–Kier alpha value is -2.48. The largest absolute Gasteiger partial charge is 0.505 e. The summed E-state index contributed by atoms with van der Waals surface area (Å²) in [6.07, 6.45) is 0.263. The molecule has 1 unspecified atom stereocenters. The summed E-state index contributed by atoms with van der Waals surface area (Å²) in [5, 5.41) is 18.7. The highest BCUT2D eigenvalue weighted by Gasteiger charge is 2.24. The number of nitrogens with one attached hydrogen (secondary N) is 2. The molecule has 110 valence electrons. The van der Waals surface area contributed by atoms with Gasteiger partial charge in [0.2, 0.25) is 17.6 Å². The lowest BCUT2D eigenvalue weighted by molar-refractivity contribution is -0.124. The molecule has 0 radical (unpaired) electrons. The van der Waals surface area contributed by atoms with E-state index in [2.05, 4.69) is 20.8 Å². The molecule has 2 aromatic rings. The molecule has 2 heterocycles. The van der Waals surface area contributed by atoms with Gasteiger partial charge in [-0.1, -0.05) is 5.16 Å². The lowest BCUT2D eigenvalue weighted by atomic mass is 10.1. The number of phenols is 1. The third-order valence-electron chi connectivity index (χ3n) is 3.18. The van der Waals surface area contributed by atoms with Gasteiger partial charge in [0.15, 0.2) is 11.6 Å². The lowest BCUT2D eigenvalue weighted by Crippen LogP contribution is -2.53. The molecule has 1 aliphatic rings. The number of phenolic OH excluding ortho intramolecular Hbond substituents is 1. The topological polar surface area (TPSA) is 100 Å². The number of hydrogen-bond donors (Lipinski definition) is 3. The quantitative estimate of drug-likeness (QED) is 0.748. The van der Waals surface area contributed by atoms with Crippen molar-refractivity contribution in [3.8, 4) is 17.1 Å². The Morgan fingerprint density at radius 3 is 3.05 bits per heavy atom. The predicted molar refractivity (Wildman–Crippen MR) is 69.9 cm³/mol. The zero-order chi connectivity index (χ0) is 14.8. The van der Waals surface area contributed by atoms with Gasteiger partial charge < -0.3 is 20.3 Å². The van der Waals surface area contributed by atoms with Crippen LogP contribution < -0.4 is 10.6 Å². The van der Waals surface area contributed by atoms with Crippen molar-refractivity contribution in [1.82, 2.24) is 20.8 Å². The van der Waals surface area contributed by atoms with Gasteiger partial charge in [-0.3, -0.25) is 4.79 Å². The highest BCUT2D eigenvalue weighted by Crippen LogP contribution is 2.22. The van der Waals surface area contributed by atoms with Gasteiger partial charge in [-0.2, -0.15) is 4.98 Å². The molecule has 3 N–H and O–H groups in total. The van der Waals surface area contributed by atoms with Gasteiger partial charge in [-0.15, -0.1) is 0 Å². The second-order valence-electron chi connectivity index (χ2n) is 4.68. The van der Waals surface area contributed by atoms with Gasteiger partial charge in [0, 0.05) is 18.7 Å². The van der Waals surface area contributed by atoms with Crippen molar-refractivity contribution in [3.05, 3.63) is 29.9 Å². The van der Waals surface area contributed by atoms with Crippen molar-refractivity contribution >= 4 is 5.91 Å². The minimum Gasteiger partial charge on any atom is -0.505 e. The first kappa shape index (κ1) is 13.5. The van der Waals surface area contributed by atoms with E-state index in [9.17, 15) is 9.18 Å². The zero-order valence-electron chi connectivity index (χ0n) is 11.0. The van der Waals surface area contributed by atoms with Crippen LogP contribution in [0.1, 0.15) is 5.89 Å². The average molecular weight is 292 g/mol. The molecular weight excluding hydrogens is 279 g/mol. The van der Waals surface area contributed by atoms with Gasteiger partial charge in [0.05, 0.1) is 12.5 Å². The lowest BCUT2D eigenvalue weighted by Gasteiger charge is -2.21. The van der Waals surface area contributed by atoms with Crippen LogP contribution in [0, 0.1) is 5.82 Å². The molecule has 1 fully saturated rings. The van der Waals surface area contributed by atoms with Crippen LogP contribution >= 0.6 is 0 Å². The number of halogens is 1. The van der Waals surface area contributed by atoms with Crippen molar-refractivity contribution in [1.29, 1.82) is 0 Å². The average Bonchev–Trinajstić information content (AvgIpc) is 2.93. The van der Waals surface area contributed by atoms with Crippen LogP contribution in [-0.2, 0) is 11.2 Å². The Bertz CT molecular complexity index is 673. The van der Waals surface area contributed by atoms with Crippen LogP contribution in [0.4, 0.5) is 4.39 Å². The summed E-state index contributed by atoms with van der Waals surface area (Å²) < 4.78 is 18.4. The second-order valence-corrected chi connectivity index (χ2v) is 4.68. The molecule has 0 saturated carbocycles. The van der Waals surface area contributed by atoms with E-state index in [0.29, 0.717) is 18.7 Å². The number of carbonyl (C=O) groups excluding carboxylic acids is 1. The number of piperazine rings is 1. The number of aromatic nitrogens is 2. The number of nitrogens with zero attached hydrogens (tertiary/aromatic N) is 2. The van der Waals surface area contributed by atoms with Crippen molar-refractivity contribution < 1.29 is 18.8 Å². The van der Waals surface area contributed by atoms with Crippen LogP contribution in [0.5, 0.6) is 5.75 Å². The summed E-state index contributed by atoms with van der Waals surface area (Å²) >= 11 is 0. The van der Waals surface area contributed by atoms with Gasteiger partial charge in [0.1, 0.15) is 0 Å². The number of carbonyl (C=O) groups is 1. The molecule has 8 heteroatoms. The molecule has 1 amide bonds. The normalized spacial score (nSPS) is 18.5. The number of benzene rings is 1. The Kier molecular flexibility index (Phi) is 3.53. The Morgan fingerprint density at radius 1 is 1.43 bits per heavy atom. The van der Waals surface area contributed by atoms with Gasteiger partial charge in [-0.05, 0) is 18.2 Å². The first-order chi connectivity index (χ1) is 10.1. The SMILES string of the molecule is O=C1NCCNC1Cc1nc(-c2ccc(O)c(F)c2)no1.